The second-order valence-electron chi connectivity index (χ2n) is 6.43. The van der Waals surface area contributed by atoms with Gasteiger partial charge in [0.25, 0.3) is 0 Å². The van der Waals surface area contributed by atoms with E-state index in [9.17, 15) is 0 Å². The minimum absolute atomic E-state index is 0.696. The Hall–Kier alpha value is -2.61. The van der Waals surface area contributed by atoms with Gasteiger partial charge in [-0.25, -0.2) is 0 Å². The summed E-state index contributed by atoms with van der Waals surface area (Å²) in [7, 11) is 3.29. The summed E-state index contributed by atoms with van der Waals surface area (Å²) < 4.78 is 10.6. The van der Waals surface area contributed by atoms with Crippen LogP contribution in [0.1, 0.15) is 12.5 Å². The summed E-state index contributed by atoms with van der Waals surface area (Å²) in [6, 6.07) is 5.96. The van der Waals surface area contributed by atoms with Gasteiger partial charge < -0.3 is 24.6 Å². The molecule has 1 fully saturated rings. The molecule has 0 aliphatic carbocycles. The zero-order valence-corrected chi connectivity index (χ0v) is 16.3. The Bertz CT molecular complexity index is 734. The third-order valence-electron chi connectivity index (χ3n) is 4.82. The average Bonchev–Trinajstić information content (AvgIpc) is 2.74. The molecule has 1 aliphatic heterocycles. The standard InChI is InChI=1S/C19H28N6O2/c1-4-24-9-11-25(12-10-24)19-22-18(14-21-23-19)20-8-7-15-5-6-16(26-2)17(13-15)27-3/h5-6,13-14H,4,7-12H2,1-3H3,(H,20,22,23). The summed E-state index contributed by atoms with van der Waals surface area (Å²) in [4.78, 5) is 9.24. The summed E-state index contributed by atoms with van der Waals surface area (Å²) in [5.41, 5.74) is 1.16. The molecule has 0 saturated carbocycles. The molecule has 1 aromatic carbocycles. The van der Waals surface area contributed by atoms with E-state index in [0.717, 1.165) is 68.6 Å². The fourth-order valence-electron chi connectivity index (χ4n) is 3.15. The Labute approximate surface area is 160 Å². The topological polar surface area (TPSA) is 75.6 Å². The van der Waals surface area contributed by atoms with Crippen molar-refractivity contribution in [3.8, 4) is 11.5 Å². The lowest BCUT2D eigenvalue weighted by Gasteiger charge is -2.33. The lowest BCUT2D eigenvalue weighted by Crippen LogP contribution is -2.46. The Balaban J connectivity index is 1.54. The van der Waals surface area contributed by atoms with Crippen molar-refractivity contribution in [1.82, 2.24) is 20.1 Å². The zero-order valence-electron chi connectivity index (χ0n) is 16.3. The molecule has 146 valence electrons. The van der Waals surface area contributed by atoms with Crippen LogP contribution < -0.4 is 19.7 Å². The first-order valence-electron chi connectivity index (χ1n) is 9.35. The van der Waals surface area contributed by atoms with Crippen LogP contribution in [0.25, 0.3) is 0 Å². The number of hydrogen-bond acceptors (Lipinski definition) is 8. The number of ether oxygens (including phenoxy) is 2. The Morgan fingerprint density at radius 2 is 1.85 bits per heavy atom. The van der Waals surface area contributed by atoms with Crippen molar-refractivity contribution < 1.29 is 9.47 Å². The van der Waals surface area contributed by atoms with E-state index in [4.69, 9.17) is 9.47 Å². The molecule has 1 N–H and O–H groups in total. The van der Waals surface area contributed by atoms with E-state index >= 15 is 0 Å². The molecule has 2 aromatic rings. The summed E-state index contributed by atoms with van der Waals surface area (Å²) >= 11 is 0. The maximum atomic E-state index is 5.36. The third kappa shape index (κ3) is 4.97. The van der Waals surface area contributed by atoms with E-state index in [1.54, 1.807) is 20.4 Å². The van der Waals surface area contributed by atoms with Crippen LogP contribution in [0, 0.1) is 0 Å². The SMILES string of the molecule is CCN1CCN(c2nncc(NCCc3ccc(OC)c(OC)c3)n2)CC1. The number of hydrogen-bond donors (Lipinski definition) is 1. The van der Waals surface area contributed by atoms with Crippen LogP contribution in [-0.4, -0.2) is 73.6 Å². The van der Waals surface area contributed by atoms with E-state index < -0.39 is 0 Å². The van der Waals surface area contributed by atoms with E-state index in [0.29, 0.717) is 5.95 Å². The first kappa shape index (κ1) is 19.2. The zero-order chi connectivity index (χ0) is 19.1. The largest absolute Gasteiger partial charge is 0.493 e. The summed E-state index contributed by atoms with van der Waals surface area (Å²) in [6.45, 7) is 7.97. The van der Waals surface area contributed by atoms with E-state index in [-0.39, 0.29) is 0 Å². The molecule has 0 atom stereocenters. The van der Waals surface area contributed by atoms with Crippen LogP contribution in [0.4, 0.5) is 11.8 Å². The molecule has 0 bridgehead atoms. The van der Waals surface area contributed by atoms with Crippen molar-refractivity contribution in [1.29, 1.82) is 0 Å². The highest BCUT2D eigenvalue weighted by Gasteiger charge is 2.18. The molecule has 2 heterocycles. The van der Waals surface area contributed by atoms with Gasteiger partial charge in [0.1, 0.15) is 0 Å². The van der Waals surface area contributed by atoms with Crippen molar-refractivity contribution in [3.05, 3.63) is 30.0 Å². The second kappa shape index (κ2) is 9.36. The molecule has 3 rings (SSSR count). The smallest absolute Gasteiger partial charge is 0.247 e. The number of likely N-dealkylation sites (N-methyl/N-ethyl adjacent to an activating group) is 1. The van der Waals surface area contributed by atoms with Gasteiger partial charge in [0.15, 0.2) is 17.3 Å². The van der Waals surface area contributed by atoms with Crippen LogP contribution in [0.15, 0.2) is 24.4 Å². The number of piperazine rings is 1. The van der Waals surface area contributed by atoms with Gasteiger partial charge in [-0.15, -0.1) is 5.10 Å². The van der Waals surface area contributed by atoms with E-state index in [1.165, 1.54) is 0 Å². The van der Waals surface area contributed by atoms with Crippen molar-refractivity contribution >= 4 is 11.8 Å². The third-order valence-corrected chi connectivity index (χ3v) is 4.82. The number of methoxy groups -OCH3 is 2. The first-order chi connectivity index (χ1) is 13.2. The highest BCUT2D eigenvalue weighted by molar-refractivity contribution is 5.43. The quantitative estimate of drug-likeness (QED) is 0.750. The van der Waals surface area contributed by atoms with E-state index in [1.807, 2.05) is 18.2 Å². The molecule has 1 saturated heterocycles. The van der Waals surface area contributed by atoms with Crippen molar-refractivity contribution in [3.63, 3.8) is 0 Å². The summed E-state index contributed by atoms with van der Waals surface area (Å²) in [6.07, 6.45) is 2.51. The number of benzene rings is 1. The van der Waals surface area contributed by atoms with Crippen LogP contribution in [0.3, 0.4) is 0 Å². The lowest BCUT2D eigenvalue weighted by atomic mass is 10.1. The van der Waals surface area contributed by atoms with Gasteiger partial charge >= 0.3 is 0 Å². The minimum atomic E-state index is 0.696. The first-order valence-corrected chi connectivity index (χ1v) is 9.35. The van der Waals surface area contributed by atoms with E-state index in [2.05, 4.69) is 37.2 Å². The van der Waals surface area contributed by atoms with Crippen molar-refractivity contribution in [2.45, 2.75) is 13.3 Å². The van der Waals surface area contributed by atoms with Gasteiger partial charge in [-0.2, -0.15) is 10.1 Å². The number of rotatable bonds is 8. The molecular formula is C19H28N6O2. The number of aromatic nitrogens is 3. The highest BCUT2D eigenvalue weighted by atomic mass is 16.5. The fraction of sp³-hybridized carbons (Fsp3) is 0.526. The number of anilines is 2. The molecule has 8 nitrogen and oxygen atoms in total. The van der Waals surface area contributed by atoms with Crippen LogP contribution in [-0.2, 0) is 6.42 Å². The normalized spacial score (nSPS) is 14.9. The Morgan fingerprint density at radius 1 is 1.07 bits per heavy atom. The Morgan fingerprint density at radius 3 is 2.56 bits per heavy atom. The number of nitrogens with one attached hydrogen (secondary N) is 1. The average molecular weight is 372 g/mol. The molecule has 1 aromatic heterocycles. The van der Waals surface area contributed by atoms with Gasteiger partial charge in [-0.1, -0.05) is 13.0 Å². The lowest BCUT2D eigenvalue weighted by molar-refractivity contribution is 0.269. The van der Waals surface area contributed by atoms with Gasteiger partial charge in [-0.05, 0) is 30.7 Å². The molecule has 0 spiro atoms. The molecule has 1 aliphatic rings. The van der Waals surface area contributed by atoms with Crippen molar-refractivity contribution in [2.75, 3.05) is 63.7 Å². The monoisotopic (exact) mass is 372 g/mol. The van der Waals surface area contributed by atoms with Gasteiger partial charge in [0, 0.05) is 32.7 Å². The molecular weight excluding hydrogens is 344 g/mol. The minimum Gasteiger partial charge on any atom is -0.493 e. The van der Waals surface area contributed by atoms with Crippen LogP contribution >= 0.6 is 0 Å². The maximum Gasteiger partial charge on any atom is 0.247 e. The van der Waals surface area contributed by atoms with Gasteiger partial charge in [-0.3, -0.25) is 0 Å². The molecule has 8 heteroatoms. The predicted octanol–water partition coefficient (Wildman–Crippen LogP) is 1.69. The van der Waals surface area contributed by atoms with Crippen LogP contribution in [0.2, 0.25) is 0 Å². The van der Waals surface area contributed by atoms with Crippen LogP contribution in [0.5, 0.6) is 11.5 Å². The molecule has 0 amide bonds. The number of nitrogens with zero attached hydrogens (tertiary/aromatic N) is 5. The second-order valence-corrected chi connectivity index (χ2v) is 6.43. The summed E-state index contributed by atoms with van der Waals surface area (Å²) in [5, 5.41) is 11.6. The fourth-order valence-corrected chi connectivity index (χ4v) is 3.15. The Kier molecular flexibility index (Phi) is 6.64. The molecule has 0 unspecified atom stereocenters. The van der Waals surface area contributed by atoms with Gasteiger partial charge in [0.2, 0.25) is 5.95 Å². The summed E-state index contributed by atoms with van der Waals surface area (Å²) in [5.74, 6) is 2.93. The molecule has 0 radical (unpaired) electrons. The van der Waals surface area contributed by atoms with Gasteiger partial charge in [0.05, 0.1) is 20.4 Å². The highest BCUT2D eigenvalue weighted by Crippen LogP contribution is 2.27. The molecule has 27 heavy (non-hydrogen) atoms. The maximum absolute atomic E-state index is 5.36. The van der Waals surface area contributed by atoms with Crippen molar-refractivity contribution in [2.24, 2.45) is 0 Å². The predicted molar refractivity (Wildman–Crippen MR) is 106 cm³/mol.